The van der Waals surface area contributed by atoms with E-state index in [0.29, 0.717) is 19.3 Å². The number of hydrogen-bond acceptors (Lipinski definition) is 5. The van der Waals surface area contributed by atoms with Gasteiger partial charge in [-0.3, -0.25) is 9.59 Å². The molecule has 0 aromatic heterocycles. The lowest BCUT2D eigenvalue weighted by atomic mass is 9.91. The number of hydrogen-bond donors (Lipinski definition) is 0. The molecule has 0 amide bonds. The van der Waals surface area contributed by atoms with Crippen molar-refractivity contribution in [1.29, 1.82) is 0 Å². The van der Waals surface area contributed by atoms with Crippen molar-refractivity contribution < 1.29 is 22.9 Å². The minimum absolute atomic E-state index is 0.0917. The zero-order valence-corrected chi connectivity index (χ0v) is 28.6. The largest absolute Gasteiger partial charge is 0.547 e. The Bertz CT molecular complexity index is 785. The molecule has 0 radical (unpaired) electrons. The van der Waals surface area contributed by atoms with E-state index in [-0.39, 0.29) is 23.8 Å². The molecular weight excluding hydrogens is 513 g/mol. The van der Waals surface area contributed by atoms with E-state index in [1.54, 1.807) is 0 Å². The minimum atomic E-state index is -1.82. The van der Waals surface area contributed by atoms with Gasteiger partial charge >= 0.3 is 0 Å². The van der Waals surface area contributed by atoms with Gasteiger partial charge in [0.25, 0.3) is 5.97 Å². The smallest absolute Gasteiger partial charge is 0.292 e. The minimum Gasteiger partial charge on any atom is -0.547 e. The highest BCUT2D eigenvalue weighted by molar-refractivity contribution is 6.71. The quantitative estimate of drug-likeness (QED) is 0.0939. The average molecular weight is 569 g/mol. The van der Waals surface area contributed by atoms with Crippen molar-refractivity contribution in [3.05, 3.63) is 23.5 Å². The van der Waals surface area contributed by atoms with Crippen LogP contribution in [0.3, 0.4) is 0 Å². The maximum atomic E-state index is 13.1. The van der Waals surface area contributed by atoms with Gasteiger partial charge in [0.2, 0.25) is 16.6 Å². The molecule has 2 atom stereocenters. The van der Waals surface area contributed by atoms with Gasteiger partial charge in [0.15, 0.2) is 8.32 Å². The lowest BCUT2D eigenvalue weighted by Crippen LogP contribution is -2.32. The van der Waals surface area contributed by atoms with E-state index in [4.69, 9.17) is 13.3 Å². The molecule has 0 bridgehead atoms. The van der Waals surface area contributed by atoms with Crippen LogP contribution in [0.15, 0.2) is 23.5 Å². The highest BCUT2D eigenvalue weighted by Gasteiger charge is 2.35. The van der Waals surface area contributed by atoms with E-state index in [0.717, 1.165) is 37.9 Å². The van der Waals surface area contributed by atoms with E-state index in [2.05, 4.69) is 58.4 Å². The fraction of sp³-hybridized carbons (Fsp3) is 0.793. The molecule has 0 saturated carbocycles. The van der Waals surface area contributed by atoms with Gasteiger partial charge in [-0.25, -0.2) is 0 Å². The molecule has 1 aliphatic carbocycles. The highest BCUT2D eigenvalue weighted by Crippen LogP contribution is 2.38. The van der Waals surface area contributed by atoms with Crippen LogP contribution in [0.1, 0.15) is 77.6 Å². The van der Waals surface area contributed by atoms with Gasteiger partial charge in [-0.15, -0.1) is 0 Å². The van der Waals surface area contributed by atoms with E-state index >= 15 is 0 Å². The lowest BCUT2D eigenvalue weighted by Gasteiger charge is -2.28. The number of rotatable bonds is 18. The first-order valence-corrected chi connectivity index (χ1v) is 24.7. The second-order valence-electron chi connectivity index (χ2n) is 13.4. The second kappa shape index (κ2) is 15.6. The third-order valence-corrected chi connectivity index (χ3v) is 8.77. The molecule has 214 valence electrons. The molecule has 8 heteroatoms. The summed E-state index contributed by atoms with van der Waals surface area (Å²) in [6.45, 7) is 21.7. The Morgan fingerprint density at radius 2 is 1.59 bits per heavy atom. The van der Waals surface area contributed by atoms with Crippen LogP contribution >= 0.6 is 0 Å². The number of carbonyl (C=O) groups excluding carboxylic acids is 2. The molecule has 0 N–H and O–H groups in total. The van der Waals surface area contributed by atoms with Crippen molar-refractivity contribution in [1.82, 2.24) is 0 Å². The first-order valence-electron chi connectivity index (χ1n) is 14.5. The number of ketones is 1. The summed E-state index contributed by atoms with van der Waals surface area (Å²) in [6.07, 6.45) is 14.2. The van der Waals surface area contributed by atoms with Crippen LogP contribution in [0.5, 0.6) is 0 Å². The van der Waals surface area contributed by atoms with Crippen molar-refractivity contribution in [2.75, 3.05) is 0 Å². The van der Waals surface area contributed by atoms with Crippen LogP contribution in [0.4, 0.5) is 0 Å². The van der Waals surface area contributed by atoms with Crippen molar-refractivity contribution >= 4 is 36.7 Å². The highest BCUT2D eigenvalue weighted by atomic mass is 28.4. The molecule has 5 nitrogen and oxygen atoms in total. The van der Waals surface area contributed by atoms with Crippen molar-refractivity contribution in [3.8, 4) is 0 Å². The summed E-state index contributed by atoms with van der Waals surface area (Å²) in [5.74, 6) is 1.03. The average Bonchev–Trinajstić information content (AvgIpc) is 2.98. The van der Waals surface area contributed by atoms with Crippen molar-refractivity contribution in [2.45, 2.75) is 143 Å². The molecule has 0 saturated heterocycles. The van der Waals surface area contributed by atoms with Crippen LogP contribution < -0.4 is 0 Å². The number of unbranched alkanes of at least 4 members (excludes halogenated alkanes) is 3. The molecular formula is C29H56O5Si3. The zero-order valence-electron chi connectivity index (χ0n) is 25.6. The lowest BCUT2D eigenvalue weighted by molar-refractivity contribution is -0.135. The first-order chi connectivity index (χ1) is 17.0. The molecule has 0 aromatic carbocycles. The van der Waals surface area contributed by atoms with Crippen LogP contribution in [0.2, 0.25) is 58.9 Å². The SMILES string of the molecule is CCCCC[C@@H](CCC1=C(O[Si](C)(C)C)CC(=O)[C@@H]1C/C=C\CCCC(=O)O[Si](C)(C)C)O[Si](C)(C)C. The molecule has 0 aliphatic heterocycles. The Labute approximate surface area is 231 Å². The van der Waals surface area contributed by atoms with Crippen molar-refractivity contribution in [3.63, 3.8) is 0 Å². The number of carbonyl (C=O) groups is 2. The number of Topliss-reactive ketones (excluding diaryl/α,β-unsaturated/α-hetero) is 1. The fourth-order valence-electron chi connectivity index (χ4n) is 4.65. The Balaban J connectivity index is 2.84. The van der Waals surface area contributed by atoms with Crippen molar-refractivity contribution in [2.24, 2.45) is 5.92 Å². The van der Waals surface area contributed by atoms with Crippen LogP contribution in [-0.4, -0.2) is 42.8 Å². The van der Waals surface area contributed by atoms with E-state index in [1.165, 1.54) is 24.8 Å². The first kappa shape index (κ1) is 34.1. The van der Waals surface area contributed by atoms with Gasteiger partial charge in [-0.1, -0.05) is 38.3 Å². The van der Waals surface area contributed by atoms with Gasteiger partial charge in [0.05, 0.1) is 12.2 Å². The van der Waals surface area contributed by atoms with Gasteiger partial charge in [-0.2, -0.15) is 0 Å². The maximum absolute atomic E-state index is 13.1. The molecule has 0 spiro atoms. The zero-order chi connectivity index (χ0) is 28.3. The molecule has 1 aliphatic rings. The van der Waals surface area contributed by atoms with Gasteiger partial charge in [0, 0.05) is 18.4 Å². The van der Waals surface area contributed by atoms with Crippen LogP contribution in [0.25, 0.3) is 0 Å². The standard InChI is InChI=1S/C29H56O5Si3/c1-11-12-15-18-24(32-35(2,3)4)21-22-26-25(27(30)23-28(26)33-36(5,6)7)19-16-13-14-17-20-29(31)34-37(8,9)10/h13,16,24-25H,11-12,14-15,17-23H2,1-10H3/b16-13-/t24-,25+/m0/s1. The summed E-state index contributed by atoms with van der Waals surface area (Å²) in [5, 5.41) is 0. The second-order valence-corrected chi connectivity index (χ2v) is 26.7. The Hall–Kier alpha value is -0.969. The maximum Gasteiger partial charge on any atom is 0.292 e. The predicted octanol–water partition coefficient (Wildman–Crippen LogP) is 8.76. The van der Waals surface area contributed by atoms with Gasteiger partial charge in [0.1, 0.15) is 5.78 Å². The Morgan fingerprint density at radius 1 is 0.919 bits per heavy atom. The van der Waals surface area contributed by atoms with E-state index < -0.39 is 25.0 Å². The summed E-state index contributed by atoms with van der Waals surface area (Å²) in [5.41, 5.74) is 1.20. The molecule has 1 rings (SSSR count). The summed E-state index contributed by atoms with van der Waals surface area (Å²) in [7, 11) is -5.28. The third-order valence-electron chi connectivity index (χ3n) is 6.03. The third kappa shape index (κ3) is 15.9. The molecule has 0 aromatic rings. The molecule has 0 heterocycles. The Morgan fingerprint density at radius 3 is 2.16 bits per heavy atom. The summed E-state index contributed by atoms with van der Waals surface area (Å²) < 4.78 is 18.5. The van der Waals surface area contributed by atoms with Crippen LogP contribution in [-0.2, 0) is 22.9 Å². The predicted molar refractivity (Wildman–Crippen MR) is 163 cm³/mol. The summed E-state index contributed by atoms with van der Waals surface area (Å²) in [6, 6.07) is 0. The van der Waals surface area contributed by atoms with Gasteiger partial charge < -0.3 is 13.3 Å². The monoisotopic (exact) mass is 568 g/mol. The fourth-order valence-corrected chi connectivity index (χ4v) is 7.61. The Kier molecular flexibility index (Phi) is 14.3. The molecule has 0 fully saturated rings. The molecule has 37 heavy (non-hydrogen) atoms. The molecule has 0 unspecified atom stereocenters. The normalized spacial score (nSPS) is 18.1. The van der Waals surface area contributed by atoms with Gasteiger partial charge in [-0.05, 0) is 103 Å². The van der Waals surface area contributed by atoms with Crippen LogP contribution in [0, 0.1) is 5.92 Å². The van der Waals surface area contributed by atoms with E-state index in [1.807, 2.05) is 19.6 Å². The van der Waals surface area contributed by atoms with E-state index in [9.17, 15) is 9.59 Å². The summed E-state index contributed by atoms with van der Waals surface area (Å²) in [4.78, 5) is 25.0. The topological polar surface area (TPSA) is 61.8 Å². The number of allylic oxidation sites excluding steroid dienone is 4. The summed E-state index contributed by atoms with van der Waals surface area (Å²) >= 11 is 0.